The monoisotopic (exact) mass is 980 g/mol. The SMILES string of the molecule is CCC(=O)NCCOCCOCC(COCCOCCNC(=O)CC)OCCOCCC1CC2CC1C1ON=C(CCOCCOC(COCCOCCC(=O)O)COCCOCCC(=O)O)C21. The summed E-state index contributed by atoms with van der Waals surface area (Å²) >= 11 is 0. The molecule has 2 aliphatic carbocycles. The van der Waals surface area contributed by atoms with Crippen LogP contribution in [0.1, 0.15) is 65.2 Å². The molecule has 4 N–H and O–H groups in total. The average molecular weight is 980 g/mol. The fourth-order valence-electron chi connectivity index (χ4n) is 8.06. The number of aliphatic carboxylic acids is 2. The van der Waals surface area contributed by atoms with E-state index in [0.29, 0.717) is 149 Å². The van der Waals surface area contributed by atoms with Crippen LogP contribution in [0, 0.1) is 23.7 Å². The van der Waals surface area contributed by atoms with Crippen LogP contribution in [-0.4, -0.2) is 216 Å². The molecule has 3 aliphatic rings. The van der Waals surface area contributed by atoms with Crippen LogP contribution >= 0.6 is 0 Å². The summed E-state index contributed by atoms with van der Waals surface area (Å²) in [5.41, 5.74) is 1.07. The Labute approximate surface area is 401 Å². The molecule has 0 saturated heterocycles. The van der Waals surface area contributed by atoms with Gasteiger partial charge in [0.2, 0.25) is 11.8 Å². The number of carboxylic acid groups (broad SMARTS) is 2. The van der Waals surface area contributed by atoms with Gasteiger partial charge in [-0.25, -0.2) is 0 Å². The first-order chi connectivity index (χ1) is 33.2. The number of oxime groups is 1. The van der Waals surface area contributed by atoms with Gasteiger partial charge in [0.15, 0.2) is 0 Å². The molecule has 0 aromatic rings. The van der Waals surface area contributed by atoms with E-state index in [1.165, 1.54) is 0 Å². The molecule has 2 amide bonds. The molecule has 1 heterocycles. The van der Waals surface area contributed by atoms with Gasteiger partial charge < -0.3 is 82.5 Å². The van der Waals surface area contributed by atoms with Crippen molar-refractivity contribution in [3.05, 3.63) is 0 Å². The van der Waals surface area contributed by atoms with Crippen molar-refractivity contribution >= 4 is 29.5 Å². The summed E-state index contributed by atoms with van der Waals surface area (Å²) in [6, 6.07) is 0. The second kappa shape index (κ2) is 38.6. The maximum Gasteiger partial charge on any atom is 0.305 e. The molecule has 0 aromatic heterocycles. The van der Waals surface area contributed by atoms with E-state index in [4.69, 9.17) is 71.9 Å². The molecular formula is C46H81N3O19. The fourth-order valence-corrected chi connectivity index (χ4v) is 8.06. The van der Waals surface area contributed by atoms with Crippen molar-refractivity contribution in [2.24, 2.45) is 28.8 Å². The van der Waals surface area contributed by atoms with Crippen molar-refractivity contribution in [2.75, 3.05) is 158 Å². The highest BCUT2D eigenvalue weighted by atomic mass is 16.6. The number of carbonyl (C=O) groups is 4. The van der Waals surface area contributed by atoms with E-state index >= 15 is 0 Å². The predicted octanol–water partition coefficient (Wildman–Crippen LogP) is 1.73. The smallest absolute Gasteiger partial charge is 0.305 e. The van der Waals surface area contributed by atoms with Gasteiger partial charge in [-0.2, -0.15) is 0 Å². The van der Waals surface area contributed by atoms with E-state index in [2.05, 4.69) is 15.8 Å². The van der Waals surface area contributed by atoms with Crippen LogP contribution < -0.4 is 10.6 Å². The van der Waals surface area contributed by atoms with Gasteiger partial charge in [-0.15, -0.1) is 0 Å². The Morgan fingerprint density at radius 2 is 0.985 bits per heavy atom. The fraction of sp³-hybridized carbons (Fsp3) is 0.891. The molecule has 0 radical (unpaired) electrons. The van der Waals surface area contributed by atoms with Gasteiger partial charge in [0, 0.05) is 50.8 Å². The van der Waals surface area contributed by atoms with Gasteiger partial charge in [0.25, 0.3) is 0 Å². The maximum atomic E-state index is 11.4. The second-order valence-electron chi connectivity index (χ2n) is 16.5. The molecule has 1 aliphatic heterocycles. The Kier molecular flexibility index (Phi) is 33.6. The highest BCUT2D eigenvalue weighted by Gasteiger charge is 2.57. The average Bonchev–Trinajstić information content (AvgIpc) is 4.05. The third kappa shape index (κ3) is 27.3. The standard InChI is InChI=1S/C46H81N3O19/c1-3-41(50)47-9-15-60-19-23-64-33-38(34-65-24-20-61-16-10-48-42(51)4-2)66-27-25-56-11-5-35-29-36-30-39(35)46-45(36)40(49-68-46)6-12-57-26-28-67-37(31-62-21-17-58-13-7-43(52)53)32-63-22-18-59-14-8-44(54)55/h35-39,45-46H,3-34H2,1-2H3,(H,47,50)(H,48,51)(H,52,53)(H,54,55). The molecule has 5 unspecified atom stereocenters. The van der Waals surface area contributed by atoms with E-state index < -0.39 is 11.9 Å². The zero-order valence-corrected chi connectivity index (χ0v) is 40.5. The Morgan fingerprint density at radius 3 is 1.46 bits per heavy atom. The summed E-state index contributed by atoms with van der Waals surface area (Å²) in [6.45, 7) is 11.9. The first-order valence-corrected chi connectivity index (χ1v) is 24.4. The number of fused-ring (bicyclic) bond motifs is 5. The molecule has 2 fully saturated rings. The number of rotatable bonds is 48. The highest BCUT2D eigenvalue weighted by Crippen LogP contribution is 2.56. The molecule has 0 spiro atoms. The summed E-state index contributed by atoms with van der Waals surface area (Å²) in [6.07, 6.45) is 4.04. The minimum Gasteiger partial charge on any atom is -0.481 e. The van der Waals surface area contributed by atoms with Gasteiger partial charge in [-0.3, -0.25) is 19.2 Å². The molecule has 394 valence electrons. The van der Waals surface area contributed by atoms with E-state index in [1.807, 2.05) is 0 Å². The largest absolute Gasteiger partial charge is 0.481 e. The van der Waals surface area contributed by atoms with Crippen molar-refractivity contribution in [3.63, 3.8) is 0 Å². The number of nitrogens with one attached hydrogen (secondary N) is 2. The summed E-state index contributed by atoms with van der Waals surface area (Å²) in [5, 5.41) is 27.5. The lowest BCUT2D eigenvalue weighted by atomic mass is 9.76. The Hall–Kier alpha value is -3.13. The van der Waals surface area contributed by atoms with Crippen molar-refractivity contribution in [3.8, 4) is 0 Å². The quantitative estimate of drug-likeness (QED) is 0.0633. The molecule has 0 aromatic carbocycles. The molecule has 22 heteroatoms. The van der Waals surface area contributed by atoms with E-state index in [-0.39, 0.29) is 95.8 Å². The molecule has 2 saturated carbocycles. The second-order valence-corrected chi connectivity index (χ2v) is 16.5. The normalized spacial score (nSPS) is 19.4. The molecule has 3 rings (SSSR count). The molecular weight excluding hydrogens is 899 g/mol. The van der Waals surface area contributed by atoms with Crippen molar-refractivity contribution in [1.82, 2.24) is 10.6 Å². The van der Waals surface area contributed by atoms with Crippen LogP contribution in [0.3, 0.4) is 0 Å². The number of hydrogen-bond donors (Lipinski definition) is 4. The number of ether oxygens (including phenoxy) is 12. The number of carbonyl (C=O) groups excluding carboxylic acids is 2. The Morgan fingerprint density at radius 1 is 0.559 bits per heavy atom. The highest BCUT2D eigenvalue weighted by molar-refractivity contribution is 5.89. The zero-order valence-electron chi connectivity index (χ0n) is 40.5. The van der Waals surface area contributed by atoms with E-state index in [9.17, 15) is 19.2 Å². The summed E-state index contributed by atoms with van der Waals surface area (Å²) in [7, 11) is 0. The minimum atomic E-state index is -0.922. The lowest BCUT2D eigenvalue weighted by Gasteiger charge is -2.30. The molecule has 68 heavy (non-hydrogen) atoms. The molecule has 5 atom stereocenters. The van der Waals surface area contributed by atoms with Gasteiger partial charge in [-0.1, -0.05) is 19.0 Å². The van der Waals surface area contributed by atoms with Crippen LogP contribution in [0.2, 0.25) is 0 Å². The topological polar surface area (TPSA) is 265 Å². The van der Waals surface area contributed by atoms with Crippen LogP contribution in [0.4, 0.5) is 0 Å². The Bertz CT molecular complexity index is 1320. The molecule has 2 bridgehead atoms. The van der Waals surface area contributed by atoms with Crippen molar-refractivity contribution in [2.45, 2.75) is 83.5 Å². The van der Waals surface area contributed by atoms with E-state index in [0.717, 1.165) is 25.0 Å². The van der Waals surface area contributed by atoms with E-state index in [1.54, 1.807) is 13.8 Å². The van der Waals surface area contributed by atoms with Gasteiger partial charge in [0.1, 0.15) is 18.3 Å². The van der Waals surface area contributed by atoms with Crippen LogP contribution in [0.25, 0.3) is 0 Å². The van der Waals surface area contributed by atoms with Gasteiger partial charge in [0.05, 0.1) is 157 Å². The lowest BCUT2D eigenvalue weighted by Crippen LogP contribution is -2.35. The van der Waals surface area contributed by atoms with Gasteiger partial charge >= 0.3 is 11.9 Å². The lowest BCUT2D eigenvalue weighted by molar-refractivity contribution is -0.139. The van der Waals surface area contributed by atoms with Crippen molar-refractivity contribution in [1.29, 1.82) is 0 Å². The number of carboxylic acids is 2. The Balaban J connectivity index is 1.27. The number of hydrogen-bond acceptors (Lipinski definition) is 18. The van der Waals surface area contributed by atoms with Crippen LogP contribution in [0.5, 0.6) is 0 Å². The summed E-state index contributed by atoms with van der Waals surface area (Å²) < 4.78 is 68.6. The number of amides is 2. The summed E-state index contributed by atoms with van der Waals surface area (Å²) in [4.78, 5) is 50.1. The zero-order chi connectivity index (χ0) is 48.9. The molecule has 22 nitrogen and oxygen atoms in total. The van der Waals surface area contributed by atoms with Crippen LogP contribution in [-0.2, 0) is 80.9 Å². The van der Waals surface area contributed by atoms with Crippen molar-refractivity contribution < 1.29 is 91.1 Å². The minimum absolute atomic E-state index is 0.00945. The maximum absolute atomic E-state index is 11.4. The predicted molar refractivity (Wildman–Crippen MR) is 244 cm³/mol. The third-order valence-electron chi connectivity index (χ3n) is 11.4. The van der Waals surface area contributed by atoms with Gasteiger partial charge in [-0.05, 0) is 31.1 Å². The third-order valence-corrected chi connectivity index (χ3v) is 11.4. The summed E-state index contributed by atoms with van der Waals surface area (Å²) in [5.74, 6) is -0.0331. The number of nitrogens with zero attached hydrogens (tertiary/aromatic N) is 1. The first kappa shape index (κ1) is 59.2. The van der Waals surface area contributed by atoms with Crippen LogP contribution in [0.15, 0.2) is 5.16 Å². The first-order valence-electron chi connectivity index (χ1n) is 24.4.